The van der Waals surface area contributed by atoms with Crippen molar-refractivity contribution in [2.24, 2.45) is 0 Å². The zero-order valence-corrected chi connectivity index (χ0v) is 18.5. The molecule has 0 saturated carbocycles. The van der Waals surface area contributed by atoms with E-state index in [0.29, 0.717) is 23.3 Å². The Hall–Kier alpha value is -3.68. The Morgan fingerprint density at radius 3 is 2.16 bits per heavy atom. The number of likely N-dealkylation sites (N-methyl/N-ethyl adjacent to an activating group) is 1. The summed E-state index contributed by atoms with van der Waals surface area (Å²) in [5.74, 6) is -0.480. The minimum absolute atomic E-state index is 0.102. The summed E-state index contributed by atoms with van der Waals surface area (Å²) >= 11 is 0. The number of rotatable bonds is 9. The average molecular weight is 437 g/mol. The normalized spacial score (nSPS) is 13.5. The molecule has 0 aromatic heterocycles. The van der Waals surface area contributed by atoms with Crippen molar-refractivity contribution in [3.8, 4) is 5.75 Å². The van der Waals surface area contributed by atoms with E-state index in [0.717, 1.165) is 5.56 Å². The molecule has 0 spiro atoms. The zero-order valence-electron chi connectivity index (χ0n) is 18.5. The van der Waals surface area contributed by atoms with Crippen LogP contribution in [0.25, 0.3) is 0 Å². The maximum Gasteiger partial charge on any atom is 0.261 e. The van der Waals surface area contributed by atoms with Crippen LogP contribution in [0.4, 0.5) is 0 Å². The summed E-state index contributed by atoms with van der Waals surface area (Å²) in [4.78, 5) is 52.9. The van der Waals surface area contributed by atoms with Crippen LogP contribution in [0.3, 0.4) is 0 Å². The van der Waals surface area contributed by atoms with Crippen LogP contribution in [0.5, 0.6) is 5.75 Å². The minimum Gasteiger partial charge on any atom is -0.497 e. The van der Waals surface area contributed by atoms with Crippen LogP contribution >= 0.6 is 0 Å². The summed E-state index contributed by atoms with van der Waals surface area (Å²) in [5.41, 5.74) is 1.63. The van der Waals surface area contributed by atoms with Gasteiger partial charge in [0.15, 0.2) is 0 Å². The second kappa shape index (κ2) is 10.1. The Bertz CT molecular complexity index is 984. The number of carbonyl (C=O) groups excluding carboxylic acids is 4. The van der Waals surface area contributed by atoms with Gasteiger partial charge < -0.3 is 15.0 Å². The van der Waals surface area contributed by atoms with E-state index < -0.39 is 6.04 Å². The number of nitrogens with zero attached hydrogens (tertiary/aromatic N) is 2. The fraction of sp³-hybridized carbons (Fsp3) is 0.333. The van der Waals surface area contributed by atoms with E-state index >= 15 is 0 Å². The van der Waals surface area contributed by atoms with Crippen LogP contribution in [0.15, 0.2) is 48.5 Å². The molecule has 3 rings (SSSR count). The third kappa shape index (κ3) is 4.80. The van der Waals surface area contributed by atoms with Gasteiger partial charge in [0.05, 0.1) is 18.2 Å². The Kier molecular flexibility index (Phi) is 7.25. The summed E-state index contributed by atoms with van der Waals surface area (Å²) < 4.78 is 5.16. The van der Waals surface area contributed by atoms with Gasteiger partial charge in [0.25, 0.3) is 11.8 Å². The molecular weight excluding hydrogens is 410 g/mol. The van der Waals surface area contributed by atoms with Gasteiger partial charge in [-0.3, -0.25) is 24.1 Å². The topological polar surface area (TPSA) is 96.0 Å². The highest BCUT2D eigenvalue weighted by Gasteiger charge is 2.35. The Labute approximate surface area is 187 Å². The lowest BCUT2D eigenvalue weighted by Gasteiger charge is -2.28. The zero-order chi connectivity index (χ0) is 23.3. The highest BCUT2D eigenvalue weighted by atomic mass is 16.5. The molecule has 0 aliphatic carbocycles. The van der Waals surface area contributed by atoms with Crippen molar-refractivity contribution < 1.29 is 23.9 Å². The van der Waals surface area contributed by atoms with E-state index in [1.807, 2.05) is 12.1 Å². The van der Waals surface area contributed by atoms with Crippen molar-refractivity contribution in [2.75, 3.05) is 20.7 Å². The van der Waals surface area contributed by atoms with Crippen LogP contribution in [0.1, 0.15) is 46.0 Å². The third-order valence-corrected chi connectivity index (χ3v) is 5.58. The quantitative estimate of drug-likeness (QED) is 0.607. The van der Waals surface area contributed by atoms with Gasteiger partial charge >= 0.3 is 0 Å². The number of fused-ring (bicyclic) bond motifs is 1. The molecule has 0 radical (unpaired) electrons. The molecule has 4 amide bonds. The van der Waals surface area contributed by atoms with Crippen LogP contribution in [-0.2, 0) is 16.1 Å². The van der Waals surface area contributed by atoms with Gasteiger partial charge in [0, 0.05) is 26.6 Å². The average Bonchev–Trinajstić information content (AvgIpc) is 3.06. The van der Waals surface area contributed by atoms with Crippen LogP contribution < -0.4 is 10.1 Å². The Morgan fingerprint density at radius 2 is 1.62 bits per heavy atom. The molecule has 1 unspecified atom stereocenters. The lowest BCUT2D eigenvalue weighted by molar-refractivity contribution is -0.140. The summed E-state index contributed by atoms with van der Waals surface area (Å²) in [6, 6.07) is 13.3. The maximum atomic E-state index is 13.0. The molecule has 0 fully saturated rings. The van der Waals surface area contributed by atoms with E-state index in [-0.39, 0.29) is 43.1 Å². The fourth-order valence-electron chi connectivity index (χ4n) is 3.69. The smallest absolute Gasteiger partial charge is 0.261 e. The van der Waals surface area contributed by atoms with E-state index in [1.165, 1.54) is 16.8 Å². The SMILES string of the molecule is CNC(=O)C(C)N(Cc1ccc(OC)cc1)C(=O)CCCN1C(=O)c2ccccc2C1=O. The number of methoxy groups -OCH3 is 1. The number of amides is 4. The van der Waals surface area contributed by atoms with Crippen molar-refractivity contribution in [1.82, 2.24) is 15.1 Å². The van der Waals surface area contributed by atoms with Crippen molar-refractivity contribution in [2.45, 2.75) is 32.4 Å². The van der Waals surface area contributed by atoms with Crippen LogP contribution in [0.2, 0.25) is 0 Å². The van der Waals surface area contributed by atoms with Crippen molar-refractivity contribution in [3.05, 3.63) is 65.2 Å². The van der Waals surface area contributed by atoms with Crippen molar-refractivity contribution >= 4 is 23.6 Å². The molecule has 1 heterocycles. The number of imide groups is 1. The number of benzene rings is 2. The van der Waals surface area contributed by atoms with Gasteiger partial charge in [0.1, 0.15) is 11.8 Å². The number of ether oxygens (including phenoxy) is 1. The van der Waals surface area contributed by atoms with E-state index in [4.69, 9.17) is 4.74 Å². The molecule has 0 saturated heterocycles. The molecule has 2 aromatic rings. The summed E-state index contributed by atoms with van der Waals surface area (Å²) in [6.45, 7) is 2.07. The predicted octanol–water partition coefficient (Wildman–Crippen LogP) is 2.23. The Balaban J connectivity index is 1.65. The first-order valence-electron chi connectivity index (χ1n) is 10.5. The molecule has 0 bridgehead atoms. The van der Waals surface area contributed by atoms with E-state index in [9.17, 15) is 19.2 Å². The van der Waals surface area contributed by atoms with Crippen LogP contribution in [-0.4, -0.2) is 60.2 Å². The van der Waals surface area contributed by atoms with Gasteiger partial charge in [0.2, 0.25) is 11.8 Å². The lowest BCUT2D eigenvalue weighted by Crippen LogP contribution is -2.46. The highest BCUT2D eigenvalue weighted by Crippen LogP contribution is 2.23. The molecule has 1 aliphatic rings. The molecule has 1 N–H and O–H groups in total. The molecule has 8 heteroatoms. The van der Waals surface area contributed by atoms with Crippen molar-refractivity contribution in [3.63, 3.8) is 0 Å². The Morgan fingerprint density at radius 1 is 1.03 bits per heavy atom. The van der Waals surface area contributed by atoms with E-state index in [2.05, 4.69) is 5.32 Å². The standard InChI is InChI=1S/C24H27N3O5/c1-16(22(29)25-2)27(15-17-10-12-18(32-3)13-11-17)21(28)9-6-14-26-23(30)19-7-4-5-8-20(19)24(26)31/h4-5,7-8,10-13,16H,6,9,14-15H2,1-3H3,(H,25,29). The number of carbonyl (C=O) groups is 4. The number of hydrogen-bond acceptors (Lipinski definition) is 5. The van der Waals surface area contributed by atoms with Crippen LogP contribution in [0, 0.1) is 0 Å². The molecule has 168 valence electrons. The second-order valence-corrected chi connectivity index (χ2v) is 7.57. The molecule has 8 nitrogen and oxygen atoms in total. The first-order chi connectivity index (χ1) is 15.4. The summed E-state index contributed by atoms with van der Waals surface area (Å²) in [6.07, 6.45) is 0.411. The second-order valence-electron chi connectivity index (χ2n) is 7.57. The van der Waals surface area contributed by atoms with Gasteiger partial charge in [-0.15, -0.1) is 0 Å². The molecule has 2 aromatic carbocycles. The summed E-state index contributed by atoms with van der Waals surface area (Å²) in [7, 11) is 3.10. The first kappa shape index (κ1) is 23.0. The minimum atomic E-state index is -0.672. The van der Waals surface area contributed by atoms with E-state index in [1.54, 1.807) is 50.4 Å². The lowest BCUT2D eigenvalue weighted by atomic mass is 10.1. The fourth-order valence-corrected chi connectivity index (χ4v) is 3.69. The number of nitrogens with one attached hydrogen (secondary N) is 1. The molecular formula is C24H27N3O5. The molecule has 1 aliphatic heterocycles. The first-order valence-corrected chi connectivity index (χ1v) is 10.5. The highest BCUT2D eigenvalue weighted by molar-refractivity contribution is 6.21. The third-order valence-electron chi connectivity index (χ3n) is 5.58. The van der Waals surface area contributed by atoms with Gasteiger partial charge in [-0.05, 0) is 43.2 Å². The van der Waals surface area contributed by atoms with Crippen molar-refractivity contribution in [1.29, 1.82) is 0 Å². The maximum absolute atomic E-state index is 13.0. The monoisotopic (exact) mass is 437 g/mol. The number of hydrogen-bond donors (Lipinski definition) is 1. The van der Waals surface area contributed by atoms with Gasteiger partial charge in [-0.1, -0.05) is 24.3 Å². The predicted molar refractivity (Wildman–Crippen MR) is 118 cm³/mol. The summed E-state index contributed by atoms with van der Waals surface area (Å²) in [5, 5.41) is 2.58. The van der Waals surface area contributed by atoms with Gasteiger partial charge in [-0.2, -0.15) is 0 Å². The van der Waals surface area contributed by atoms with Gasteiger partial charge in [-0.25, -0.2) is 0 Å². The largest absolute Gasteiger partial charge is 0.497 e. The molecule has 32 heavy (non-hydrogen) atoms. The molecule has 1 atom stereocenters.